The van der Waals surface area contributed by atoms with Crippen molar-refractivity contribution in [2.45, 2.75) is 18.9 Å². The number of likely N-dealkylation sites (tertiary alicyclic amines) is 2. The Labute approximate surface area is 172 Å². The van der Waals surface area contributed by atoms with Crippen molar-refractivity contribution in [2.24, 2.45) is 0 Å². The van der Waals surface area contributed by atoms with Gasteiger partial charge in [0.1, 0.15) is 17.2 Å². The second kappa shape index (κ2) is 7.97. The molecule has 1 N–H and O–H groups in total. The molecule has 0 spiro atoms. The summed E-state index contributed by atoms with van der Waals surface area (Å²) in [7, 11) is 1.68. The zero-order valence-corrected chi connectivity index (χ0v) is 16.3. The summed E-state index contributed by atoms with van der Waals surface area (Å²) in [4.78, 5) is 47.1. The van der Waals surface area contributed by atoms with Crippen LogP contribution in [0.4, 0.5) is 0 Å². The number of hydrogen-bond acceptors (Lipinski definition) is 7. The van der Waals surface area contributed by atoms with Crippen LogP contribution >= 0.6 is 0 Å². The molecule has 1 aromatic heterocycles. The summed E-state index contributed by atoms with van der Waals surface area (Å²) in [6, 6.07) is 4.14. The molecule has 10 heteroatoms. The van der Waals surface area contributed by atoms with Crippen LogP contribution in [0.25, 0.3) is 0 Å². The van der Waals surface area contributed by atoms with Crippen molar-refractivity contribution >= 4 is 17.8 Å². The van der Waals surface area contributed by atoms with E-state index in [0.29, 0.717) is 26.1 Å². The van der Waals surface area contributed by atoms with E-state index in [0.717, 1.165) is 6.42 Å². The van der Waals surface area contributed by atoms with Crippen LogP contribution in [0.1, 0.15) is 33.7 Å². The highest BCUT2D eigenvalue weighted by atomic mass is 16.5. The Hall–Kier alpha value is -3.69. The molecule has 2 saturated heterocycles. The lowest BCUT2D eigenvalue weighted by Crippen LogP contribution is -2.42. The molecule has 2 aliphatic rings. The van der Waals surface area contributed by atoms with Gasteiger partial charge in [0.2, 0.25) is 5.88 Å². The average Bonchev–Trinajstić information content (AvgIpc) is 2.99. The van der Waals surface area contributed by atoms with E-state index >= 15 is 0 Å². The predicted octanol–water partition coefficient (Wildman–Crippen LogP) is 1.42. The van der Waals surface area contributed by atoms with Crippen LogP contribution in [0.15, 0.2) is 30.6 Å². The summed E-state index contributed by atoms with van der Waals surface area (Å²) in [5, 5.41) is 9.38. The first-order valence-corrected chi connectivity index (χ1v) is 9.50. The Morgan fingerprint density at radius 2 is 1.87 bits per heavy atom. The first-order valence-electron chi connectivity index (χ1n) is 9.50. The number of carbonyl (C=O) groups excluding carboxylic acids is 2. The number of aromatic carboxylic acids is 1. The molecule has 2 fully saturated rings. The van der Waals surface area contributed by atoms with E-state index < -0.39 is 12.1 Å². The van der Waals surface area contributed by atoms with Crippen molar-refractivity contribution < 1.29 is 29.0 Å². The van der Waals surface area contributed by atoms with Crippen molar-refractivity contribution in [1.29, 1.82) is 0 Å². The summed E-state index contributed by atoms with van der Waals surface area (Å²) in [6.07, 6.45) is 3.45. The van der Waals surface area contributed by atoms with Crippen molar-refractivity contribution in [2.75, 3.05) is 26.7 Å². The van der Waals surface area contributed by atoms with Crippen LogP contribution in [-0.4, -0.2) is 75.4 Å². The highest BCUT2D eigenvalue weighted by molar-refractivity contribution is 5.92. The number of benzene rings is 1. The maximum atomic E-state index is 12.1. The molecule has 2 aromatic rings. The maximum Gasteiger partial charge on any atom is 0.335 e. The van der Waals surface area contributed by atoms with Crippen LogP contribution in [0.3, 0.4) is 0 Å². The van der Waals surface area contributed by atoms with E-state index in [2.05, 4.69) is 9.97 Å². The molecule has 30 heavy (non-hydrogen) atoms. The molecule has 0 bridgehead atoms. The maximum absolute atomic E-state index is 12.1. The van der Waals surface area contributed by atoms with E-state index in [1.807, 2.05) is 0 Å². The number of hydrogen-bond donors (Lipinski definition) is 1. The van der Waals surface area contributed by atoms with Gasteiger partial charge in [0.15, 0.2) is 6.10 Å². The van der Waals surface area contributed by atoms with E-state index in [-0.39, 0.29) is 40.5 Å². The minimum atomic E-state index is -1.17. The normalized spacial score (nSPS) is 18.2. The number of rotatable bonds is 6. The van der Waals surface area contributed by atoms with E-state index in [1.54, 1.807) is 16.8 Å². The van der Waals surface area contributed by atoms with E-state index in [9.17, 15) is 19.5 Å². The summed E-state index contributed by atoms with van der Waals surface area (Å²) in [6.45, 7) is 2.00. The molecule has 4 rings (SSSR count). The standard InChI is InChI=1S/C20H20N4O6/c1-23-6-3-16(19(23)26)29-13-7-12(20(27)28)8-14(9-13)30-17-11-21-15(10-22-17)18(25)24-4-2-5-24/h7-11,16H,2-6H2,1H3,(H,27,28)/t16-/m1/s1. The Bertz CT molecular complexity index is 989. The fraction of sp³-hybridized carbons (Fsp3) is 0.350. The number of ether oxygens (including phenoxy) is 2. The number of carboxylic acids is 1. The fourth-order valence-corrected chi connectivity index (χ4v) is 3.17. The molecule has 3 heterocycles. The molecule has 0 aliphatic carbocycles. The molecule has 1 aromatic carbocycles. The summed E-state index contributed by atoms with van der Waals surface area (Å²) < 4.78 is 11.3. The van der Waals surface area contributed by atoms with Gasteiger partial charge >= 0.3 is 5.97 Å². The highest BCUT2D eigenvalue weighted by Crippen LogP contribution is 2.28. The van der Waals surface area contributed by atoms with E-state index in [4.69, 9.17) is 9.47 Å². The molecule has 156 valence electrons. The third-order valence-corrected chi connectivity index (χ3v) is 5.00. The quantitative estimate of drug-likeness (QED) is 0.756. The lowest BCUT2D eigenvalue weighted by atomic mass is 10.2. The molecular weight excluding hydrogens is 392 g/mol. The first-order chi connectivity index (χ1) is 14.4. The third-order valence-electron chi connectivity index (χ3n) is 5.00. The van der Waals surface area contributed by atoms with Gasteiger partial charge < -0.3 is 24.4 Å². The highest BCUT2D eigenvalue weighted by Gasteiger charge is 2.31. The lowest BCUT2D eigenvalue weighted by Gasteiger charge is -2.30. The van der Waals surface area contributed by atoms with Crippen molar-refractivity contribution in [3.05, 3.63) is 41.9 Å². The van der Waals surface area contributed by atoms with Gasteiger partial charge in [0.05, 0.1) is 18.0 Å². The number of aromatic nitrogens is 2. The summed E-state index contributed by atoms with van der Waals surface area (Å²) in [5.41, 5.74) is 0.160. The van der Waals surface area contributed by atoms with Gasteiger partial charge in [-0.3, -0.25) is 9.59 Å². The van der Waals surface area contributed by atoms with Crippen LogP contribution in [0.5, 0.6) is 17.4 Å². The Balaban J connectivity index is 1.51. The average molecular weight is 412 g/mol. The smallest absolute Gasteiger partial charge is 0.335 e. The fourth-order valence-electron chi connectivity index (χ4n) is 3.17. The second-order valence-electron chi connectivity index (χ2n) is 7.14. The topological polar surface area (TPSA) is 122 Å². The molecule has 0 saturated carbocycles. The monoisotopic (exact) mass is 412 g/mol. The predicted molar refractivity (Wildman–Crippen MR) is 103 cm³/mol. The Morgan fingerprint density at radius 1 is 1.10 bits per heavy atom. The molecule has 1 atom stereocenters. The van der Waals surface area contributed by atoms with Gasteiger partial charge in [-0.2, -0.15) is 0 Å². The second-order valence-corrected chi connectivity index (χ2v) is 7.14. The number of carboxylic acid groups (broad SMARTS) is 1. The minimum absolute atomic E-state index is 0.0566. The number of amides is 2. The van der Waals surface area contributed by atoms with Crippen LogP contribution < -0.4 is 9.47 Å². The van der Waals surface area contributed by atoms with Crippen molar-refractivity contribution in [3.8, 4) is 17.4 Å². The zero-order chi connectivity index (χ0) is 21.3. The van der Waals surface area contributed by atoms with Gasteiger partial charge in [-0.05, 0) is 18.6 Å². The number of nitrogens with zero attached hydrogens (tertiary/aromatic N) is 4. The molecule has 0 unspecified atom stereocenters. The molecule has 2 aliphatic heterocycles. The Kier molecular flexibility index (Phi) is 5.21. The third kappa shape index (κ3) is 4.02. The van der Waals surface area contributed by atoms with Gasteiger partial charge in [0, 0.05) is 39.2 Å². The van der Waals surface area contributed by atoms with Gasteiger partial charge in [-0.15, -0.1) is 0 Å². The van der Waals surface area contributed by atoms with Crippen molar-refractivity contribution in [3.63, 3.8) is 0 Å². The molecule has 0 radical (unpaired) electrons. The van der Waals surface area contributed by atoms with Gasteiger partial charge in [0.25, 0.3) is 11.8 Å². The Morgan fingerprint density at radius 3 is 2.43 bits per heavy atom. The number of likely N-dealkylation sites (N-methyl/N-ethyl adjacent to an activating group) is 1. The van der Waals surface area contributed by atoms with E-state index in [1.165, 1.54) is 30.6 Å². The number of carbonyl (C=O) groups is 3. The lowest BCUT2D eigenvalue weighted by molar-refractivity contribution is -0.132. The first kappa shape index (κ1) is 19.6. The zero-order valence-electron chi connectivity index (χ0n) is 16.3. The summed E-state index contributed by atoms with van der Waals surface area (Å²) >= 11 is 0. The van der Waals surface area contributed by atoms with Gasteiger partial charge in [-0.25, -0.2) is 14.8 Å². The van der Waals surface area contributed by atoms with Gasteiger partial charge in [-0.1, -0.05) is 0 Å². The van der Waals surface area contributed by atoms with Crippen molar-refractivity contribution in [1.82, 2.24) is 19.8 Å². The largest absolute Gasteiger partial charge is 0.480 e. The molecule has 10 nitrogen and oxygen atoms in total. The minimum Gasteiger partial charge on any atom is -0.480 e. The van der Waals surface area contributed by atoms with Crippen LogP contribution in [0.2, 0.25) is 0 Å². The van der Waals surface area contributed by atoms with Crippen LogP contribution in [0, 0.1) is 0 Å². The van der Waals surface area contributed by atoms with Crippen LogP contribution in [-0.2, 0) is 4.79 Å². The summed E-state index contributed by atoms with van der Waals surface area (Å²) in [5.74, 6) is -1.04. The SMILES string of the molecule is CN1CC[C@@H](Oc2cc(Oc3cnc(C(=O)N4CCC4)cn3)cc(C(=O)O)c2)C1=O. The molecular formula is C20H20N4O6. The molecule has 2 amide bonds.